The third kappa shape index (κ3) is 3.28. The summed E-state index contributed by atoms with van der Waals surface area (Å²) in [6.07, 6.45) is 0.856. The van der Waals surface area contributed by atoms with E-state index in [2.05, 4.69) is 5.32 Å². The van der Waals surface area contributed by atoms with E-state index in [-0.39, 0.29) is 5.97 Å². The highest BCUT2D eigenvalue weighted by Crippen LogP contribution is 2.34. The number of hydrogen-bond acceptors (Lipinski definition) is 6. The molecule has 2 rings (SSSR count). The van der Waals surface area contributed by atoms with Gasteiger partial charge in [0, 0.05) is 10.9 Å². The van der Waals surface area contributed by atoms with Crippen molar-refractivity contribution < 1.29 is 14.3 Å². The number of carbonyl (C=O) groups is 1. The first-order chi connectivity index (χ1) is 10.1. The highest BCUT2D eigenvalue weighted by atomic mass is 32.1. The second-order valence-corrected chi connectivity index (χ2v) is 5.52. The van der Waals surface area contributed by atoms with E-state index in [0.29, 0.717) is 17.0 Å². The molecule has 0 bridgehead atoms. The SMILES string of the molecule is CCc1cc(C(=O)OC)c(Nc2ccc(OC)cc2N)s1. The Morgan fingerprint density at radius 1 is 1.33 bits per heavy atom. The number of nitrogens with one attached hydrogen (secondary N) is 1. The summed E-state index contributed by atoms with van der Waals surface area (Å²) < 4.78 is 9.94. The molecular weight excluding hydrogens is 288 g/mol. The molecule has 0 atom stereocenters. The molecular formula is C15H18N2O3S. The van der Waals surface area contributed by atoms with Gasteiger partial charge >= 0.3 is 5.97 Å². The van der Waals surface area contributed by atoms with Gasteiger partial charge in [0.25, 0.3) is 0 Å². The second-order valence-electron chi connectivity index (χ2n) is 4.38. The number of methoxy groups -OCH3 is 2. The van der Waals surface area contributed by atoms with Gasteiger partial charge in [0.05, 0.1) is 31.2 Å². The number of ether oxygens (including phenoxy) is 2. The van der Waals surface area contributed by atoms with E-state index < -0.39 is 0 Å². The van der Waals surface area contributed by atoms with E-state index in [1.54, 1.807) is 13.2 Å². The lowest BCUT2D eigenvalue weighted by Crippen LogP contribution is -2.03. The topological polar surface area (TPSA) is 73.6 Å². The molecule has 0 radical (unpaired) electrons. The lowest BCUT2D eigenvalue weighted by molar-refractivity contribution is 0.0602. The molecule has 1 aromatic heterocycles. The van der Waals surface area contributed by atoms with E-state index >= 15 is 0 Å². The van der Waals surface area contributed by atoms with Gasteiger partial charge in [-0.3, -0.25) is 0 Å². The molecule has 0 spiro atoms. The van der Waals surface area contributed by atoms with Crippen LogP contribution in [0.2, 0.25) is 0 Å². The van der Waals surface area contributed by atoms with Gasteiger partial charge < -0.3 is 20.5 Å². The number of carbonyl (C=O) groups excluding carboxylic acids is 1. The summed E-state index contributed by atoms with van der Waals surface area (Å²) in [4.78, 5) is 12.9. The van der Waals surface area contributed by atoms with Gasteiger partial charge in [0.15, 0.2) is 0 Å². The molecule has 1 aromatic carbocycles. The van der Waals surface area contributed by atoms with Crippen molar-refractivity contribution in [3.05, 3.63) is 34.7 Å². The van der Waals surface area contributed by atoms with Crippen LogP contribution in [0.1, 0.15) is 22.2 Å². The zero-order valence-electron chi connectivity index (χ0n) is 12.2. The van der Waals surface area contributed by atoms with E-state index in [9.17, 15) is 4.79 Å². The molecule has 21 heavy (non-hydrogen) atoms. The van der Waals surface area contributed by atoms with Crippen molar-refractivity contribution in [2.24, 2.45) is 0 Å². The van der Waals surface area contributed by atoms with Crippen LogP contribution in [0.4, 0.5) is 16.4 Å². The Bertz CT molecular complexity index is 652. The number of nitrogen functional groups attached to an aromatic ring is 1. The molecule has 0 aliphatic carbocycles. The first kappa shape index (κ1) is 15.2. The summed E-state index contributed by atoms with van der Waals surface area (Å²) in [7, 11) is 2.96. The number of hydrogen-bond donors (Lipinski definition) is 2. The minimum Gasteiger partial charge on any atom is -0.497 e. The molecule has 0 aliphatic heterocycles. The Labute approximate surface area is 127 Å². The van der Waals surface area contributed by atoms with E-state index in [4.69, 9.17) is 15.2 Å². The third-order valence-electron chi connectivity index (χ3n) is 3.04. The van der Waals surface area contributed by atoms with Crippen LogP contribution in [0.15, 0.2) is 24.3 Å². The van der Waals surface area contributed by atoms with Crippen LogP contribution in [0.25, 0.3) is 0 Å². The average molecular weight is 306 g/mol. The van der Waals surface area contributed by atoms with Crippen molar-refractivity contribution in [1.29, 1.82) is 0 Å². The first-order valence-electron chi connectivity index (χ1n) is 6.50. The molecule has 3 N–H and O–H groups in total. The maximum Gasteiger partial charge on any atom is 0.340 e. The molecule has 5 nitrogen and oxygen atoms in total. The second kappa shape index (κ2) is 6.49. The van der Waals surface area contributed by atoms with Gasteiger partial charge in [-0.25, -0.2) is 4.79 Å². The van der Waals surface area contributed by atoms with Gasteiger partial charge in [0.1, 0.15) is 10.8 Å². The molecule has 0 amide bonds. The normalized spacial score (nSPS) is 10.2. The summed E-state index contributed by atoms with van der Waals surface area (Å²) in [5, 5.41) is 3.93. The van der Waals surface area contributed by atoms with E-state index in [1.165, 1.54) is 18.4 Å². The molecule has 0 unspecified atom stereocenters. The quantitative estimate of drug-likeness (QED) is 0.654. The third-order valence-corrected chi connectivity index (χ3v) is 4.24. The van der Waals surface area contributed by atoms with Crippen molar-refractivity contribution in [2.75, 3.05) is 25.3 Å². The molecule has 1 heterocycles. The number of rotatable bonds is 5. The molecule has 2 aromatic rings. The van der Waals surface area contributed by atoms with Crippen molar-refractivity contribution in [2.45, 2.75) is 13.3 Å². The van der Waals surface area contributed by atoms with Crippen molar-refractivity contribution in [3.8, 4) is 5.75 Å². The predicted octanol–water partition coefficient (Wildman–Crippen LogP) is 3.43. The zero-order valence-corrected chi connectivity index (χ0v) is 13.0. The number of nitrogens with two attached hydrogens (primary N) is 1. The largest absolute Gasteiger partial charge is 0.497 e. The minimum absolute atomic E-state index is 0.361. The molecule has 0 fully saturated rings. The average Bonchev–Trinajstić information content (AvgIpc) is 2.91. The monoisotopic (exact) mass is 306 g/mol. The van der Waals surface area contributed by atoms with Crippen LogP contribution in [0.3, 0.4) is 0 Å². The molecule has 0 saturated heterocycles. The fraction of sp³-hybridized carbons (Fsp3) is 0.267. The Morgan fingerprint density at radius 3 is 2.67 bits per heavy atom. The predicted molar refractivity (Wildman–Crippen MR) is 85.7 cm³/mol. The molecule has 112 valence electrons. The smallest absolute Gasteiger partial charge is 0.340 e. The Kier molecular flexibility index (Phi) is 4.70. The highest BCUT2D eigenvalue weighted by Gasteiger charge is 2.17. The van der Waals surface area contributed by atoms with Gasteiger partial charge in [-0.05, 0) is 24.6 Å². The molecule has 0 aliphatic rings. The zero-order chi connectivity index (χ0) is 15.4. The van der Waals surface area contributed by atoms with E-state index in [0.717, 1.165) is 22.0 Å². The van der Waals surface area contributed by atoms with Crippen molar-refractivity contribution >= 4 is 33.7 Å². The van der Waals surface area contributed by atoms with Crippen LogP contribution in [-0.4, -0.2) is 20.2 Å². The number of benzene rings is 1. The van der Waals surface area contributed by atoms with E-state index in [1.807, 2.05) is 25.1 Å². The Balaban J connectivity index is 2.34. The van der Waals surface area contributed by atoms with Gasteiger partial charge in [-0.1, -0.05) is 6.92 Å². The van der Waals surface area contributed by atoms with Crippen LogP contribution in [0.5, 0.6) is 5.75 Å². The summed E-state index contributed by atoms with van der Waals surface area (Å²) in [6.45, 7) is 2.04. The van der Waals surface area contributed by atoms with Gasteiger partial charge in [0.2, 0.25) is 0 Å². The fourth-order valence-corrected chi connectivity index (χ4v) is 2.87. The van der Waals surface area contributed by atoms with Gasteiger partial charge in [-0.15, -0.1) is 11.3 Å². The van der Waals surface area contributed by atoms with Crippen LogP contribution in [-0.2, 0) is 11.2 Å². The van der Waals surface area contributed by atoms with Gasteiger partial charge in [-0.2, -0.15) is 0 Å². The maximum atomic E-state index is 11.8. The highest BCUT2D eigenvalue weighted by molar-refractivity contribution is 7.16. The number of thiophene rings is 1. The first-order valence-corrected chi connectivity index (χ1v) is 7.32. The maximum absolute atomic E-state index is 11.8. The molecule has 0 saturated carbocycles. The fourth-order valence-electron chi connectivity index (χ4n) is 1.87. The number of esters is 1. The Hall–Kier alpha value is -2.21. The van der Waals surface area contributed by atoms with Crippen molar-refractivity contribution in [1.82, 2.24) is 0 Å². The summed E-state index contributed by atoms with van der Waals surface area (Å²) in [5.74, 6) is 0.326. The standard InChI is InChI=1S/C15H18N2O3S/c1-4-10-8-11(15(18)20-3)14(21-10)17-13-6-5-9(19-2)7-12(13)16/h5-8,17H,4,16H2,1-3H3. The van der Waals surface area contributed by atoms with Crippen LogP contribution in [0, 0.1) is 0 Å². The summed E-state index contributed by atoms with van der Waals surface area (Å²) >= 11 is 1.52. The Morgan fingerprint density at radius 2 is 2.10 bits per heavy atom. The van der Waals surface area contributed by atoms with Crippen molar-refractivity contribution in [3.63, 3.8) is 0 Å². The minimum atomic E-state index is -0.361. The van der Waals surface area contributed by atoms with Crippen LogP contribution >= 0.6 is 11.3 Å². The lowest BCUT2D eigenvalue weighted by atomic mass is 10.2. The summed E-state index contributed by atoms with van der Waals surface area (Å²) in [5.41, 5.74) is 7.79. The number of anilines is 3. The summed E-state index contributed by atoms with van der Waals surface area (Å²) in [6, 6.07) is 7.21. The van der Waals surface area contributed by atoms with Crippen LogP contribution < -0.4 is 15.8 Å². The molecule has 6 heteroatoms. The lowest BCUT2D eigenvalue weighted by Gasteiger charge is -2.10. The number of aryl methyl sites for hydroxylation is 1.